The van der Waals surface area contributed by atoms with Crippen LogP contribution in [0, 0.1) is 24.4 Å². The largest absolute Gasteiger partial charge is 0.309 e. The van der Waals surface area contributed by atoms with Gasteiger partial charge in [-0.05, 0) is 18.6 Å². The molecule has 100 valence electrons. The molecule has 0 heterocycles. The standard InChI is InChI=1S/C15H14F3N/c1-10-3-2-4-11(5-10)8-19-9-12-6-14(17)15(18)7-13(12)16/h2-7,19H,8-9H2,1H3. The van der Waals surface area contributed by atoms with Crippen LogP contribution in [-0.2, 0) is 13.1 Å². The summed E-state index contributed by atoms with van der Waals surface area (Å²) in [5.41, 5.74) is 2.31. The van der Waals surface area contributed by atoms with E-state index in [4.69, 9.17) is 0 Å². The van der Waals surface area contributed by atoms with Gasteiger partial charge < -0.3 is 5.32 Å². The van der Waals surface area contributed by atoms with Crippen LogP contribution in [0.2, 0.25) is 0 Å². The summed E-state index contributed by atoms with van der Waals surface area (Å²) >= 11 is 0. The molecule has 0 aliphatic carbocycles. The molecule has 0 aromatic heterocycles. The molecule has 0 aliphatic heterocycles. The van der Waals surface area contributed by atoms with Crippen molar-refractivity contribution in [2.24, 2.45) is 0 Å². The summed E-state index contributed by atoms with van der Waals surface area (Å²) in [5, 5.41) is 3.00. The highest BCUT2D eigenvalue weighted by molar-refractivity contribution is 5.23. The van der Waals surface area contributed by atoms with Crippen LogP contribution < -0.4 is 5.32 Å². The highest BCUT2D eigenvalue weighted by Crippen LogP contribution is 2.13. The second-order valence-corrected chi connectivity index (χ2v) is 4.45. The van der Waals surface area contributed by atoms with E-state index in [2.05, 4.69) is 5.32 Å². The number of hydrogen-bond donors (Lipinski definition) is 1. The van der Waals surface area contributed by atoms with Crippen LogP contribution in [-0.4, -0.2) is 0 Å². The van der Waals surface area contributed by atoms with E-state index >= 15 is 0 Å². The van der Waals surface area contributed by atoms with Gasteiger partial charge in [0.15, 0.2) is 11.6 Å². The molecule has 0 saturated carbocycles. The third-order valence-corrected chi connectivity index (χ3v) is 2.82. The maximum atomic E-state index is 13.4. The SMILES string of the molecule is Cc1cccc(CNCc2cc(F)c(F)cc2F)c1. The minimum Gasteiger partial charge on any atom is -0.309 e. The smallest absolute Gasteiger partial charge is 0.161 e. The van der Waals surface area contributed by atoms with Gasteiger partial charge in [-0.15, -0.1) is 0 Å². The Morgan fingerprint density at radius 3 is 2.37 bits per heavy atom. The molecule has 2 aromatic carbocycles. The number of benzene rings is 2. The summed E-state index contributed by atoms with van der Waals surface area (Å²) in [6, 6.07) is 9.33. The maximum Gasteiger partial charge on any atom is 0.161 e. The summed E-state index contributed by atoms with van der Waals surface area (Å²) in [5.74, 6) is -2.94. The van der Waals surface area contributed by atoms with Crippen LogP contribution in [0.4, 0.5) is 13.2 Å². The Bertz CT molecular complexity index is 582. The van der Waals surface area contributed by atoms with E-state index in [-0.39, 0.29) is 12.1 Å². The summed E-state index contributed by atoms with van der Waals surface area (Å²) in [4.78, 5) is 0. The summed E-state index contributed by atoms with van der Waals surface area (Å²) in [6.45, 7) is 2.68. The normalized spacial score (nSPS) is 10.7. The van der Waals surface area contributed by atoms with Gasteiger partial charge in [-0.1, -0.05) is 29.8 Å². The second kappa shape index (κ2) is 5.89. The lowest BCUT2D eigenvalue weighted by atomic mass is 10.1. The molecular weight excluding hydrogens is 251 g/mol. The van der Waals surface area contributed by atoms with Gasteiger partial charge in [-0.2, -0.15) is 0 Å². The quantitative estimate of drug-likeness (QED) is 0.831. The molecule has 0 bridgehead atoms. The first-order chi connectivity index (χ1) is 9.06. The van der Waals surface area contributed by atoms with Crippen molar-refractivity contribution in [1.29, 1.82) is 0 Å². The van der Waals surface area contributed by atoms with E-state index in [1.165, 1.54) is 0 Å². The van der Waals surface area contributed by atoms with Crippen molar-refractivity contribution >= 4 is 0 Å². The number of nitrogens with one attached hydrogen (secondary N) is 1. The van der Waals surface area contributed by atoms with E-state index in [0.29, 0.717) is 12.6 Å². The lowest BCUT2D eigenvalue weighted by molar-refractivity contribution is 0.487. The summed E-state index contributed by atoms with van der Waals surface area (Å²) < 4.78 is 39.1. The molecular formula is C15H14F3N. The topological polar surface area (TPSA) is 12.0 Å². The summed E-state index contributed by atoms with van der Waals surface area (Å²) in [7, 11) is 0. The van der Waals surface area contributed by atoms with Crippen molar-refractivity contribution in [2.75, 3.05) is 0 Å². The van der Waals surface area contributed by atoms with Crippen molar-refractivity contribution in [3.8, 4) is 0 Å². The highest BCUT2D eigenvalue weighted by atomic mass is 19.2. The van der Waals surface area contributed by atoms with E-state index in [9.17, 15) is 13.2 Å². The van der Waals surface area contributed by atoms with Crippen LogP contribution in [0.15, 0.2) is 36.4 Å². The molecule has 0 unspecified atom stereocenters. The molecule has 0 spiro atoms. The number of rotatable bonds is 4. The second-order valence-electron chi connectivity index (χ2n) is 4.45. The molecule has 0 radical (unpaired) electrons. The van der Waals surface area contributed by atoms with Gasteiger partial charge in [0.1, 0.15) is 5.82 Å². The van der Waals surface area contributed by atoms with Crippen molar-refractivity contribution in [3.63, 3.8) is 0 Å². The van der Waals surface area contributed by atoms with E-state index < -0.39 is 17.5 Å². The fourth-order valence-corrected chi connectivity index (χ4v) is 1.86. The van der Waals surface area contributed by atoms with Crippen LogP contribution in [0.5, 0.6) is 0 Å². The first kappa shape index (κ1) is 13.6. The van der Waals surface area contributed by atoms with E-state index in [1.54, 1.807) is 0 Å². The molecule has 2 aromatic rings. The maximum absolute atomic E-state index is 13.4. The third-order valence-electron chi connectivity index (χ3n) is 2.82. The molecule has 0 atom stereocenters. The Hall–Kier alpha value is -1.81. The van der Waals surface area contributed by atoms with Crippen molar-refractivity contribution in [2.45, 2.75) is 20.0 Å². The monoisotopic (exact) mass is 265 g/mol. The van der Waals surface area contributed by atoms with Crippen molar-refractivity contribution < 1.29 is 13.2 Å². The Morgan fingerprint density at radius 2 is 1.63 bits per heavy atom. The Balaban J connectivity index is 1.98. The lowest BCUT2D eigenvalue weighted by Crippen LogP contribution is -2.14. The minimum absolute atomic E-state index is 0.117. The van der Waals surface area contributed by atoms with Crippen LogP contribution in [0.1, 0.15) is 16.7 Å². The molecule has 0 amide bonds. The third kappa shape index (κ3) is 3.58. The number of aryl methyl sites for hydroxylation is 1. The van der Waals surface area contributed by atoms with E-state index in [0.717, 1.165) is 17.2 Å². The fourth-order valence-electron chi connectivity index (χ4n) is 1.86. The van der Waals surface area contributed by atoms with Gasteiger partial charge in [0.2, 0.25) is 0 Å². The predicted octanol–water partition coefficient (Wildman–Crippen LogP) is 3.70. The zero-order valence-electron chi connectivity index (χ0n) is 10.5. The van der Waals surface area contributed by atoms with Crippen LogP contribution in [0.3, 0.4) is 0 Å². The molecule has 0 fully saturated rings. The first-order valence-electron chi connectivity index (χ1n) is 5.96. The van der Waals surface area contributed by atoms with E-state index in [1.807, 2.05) is 31.2 Å². The molecule has 2 rings (SSSR count). The van der Waals surface area contributed by atoms with Gasteiger partial charge >= 0.3 is 0 Å². The zero-order valence-corrected chi connectivity index (χ0v) is 10.5. The van der Waals surface area contributed by atoms with Gasteiger partial charge in [0.25, 0.3) is 0 Å². The lowest BCUT2D eigenvalue weighted by Gasteiger charge is -2.07. The Morgan fingerprint density at radius 1 is 0.895 bits per heavy atom. The Kier molecular flexibility index (Phi) is 4.22. The molecule has 1 N–H and O–H groups in total. The van der Waals surface area contributed by atoms with Gasteiger partial charge in [-0.25, -0.2) is 13.2 Å². The molecule has 1 nitrogen and oxygen atoms in total. The highest BCUT2D eigenvalue weighted by Gasteiger charge is 2.09. The minimum atomic E-state index is -1.17. The first-order valence-corrected chi connectivity index (χ1v) is 5.96. The molecule has 4 heteroatoms. The number of halogens is 3. The molecule has 0 aliphatic rings. The molecule has 0 saturated heterocycles. The van der Waals surface area contributed by atoms with Gasteiger partial charge in [0, 0.05) is 24.7 Å². The van der Waals surface area contributed by atoms with Gasteiger partial charge in [-0.3, -0.25) is 0 Å². The predicted molar refractivity (Wildman–Crippen MR) is 68.0 cm³/mol. The average molecular weight is 265 g/mol. The average Bonchev–Trinajstić information content (AvgIpc) is 2.35. The number of hydrogen-bond acceptors (Lipinski definition) is 1. The fraction of sp³-hybridized carbons (Fsp3) is 0.200. The van der Waals surface area contributed by atoms with Crippen molar-refractivity contribution in [1.82, 2.24) is 5.32 Å². The zero-order chi connectivity index (χ0) is 13.8. The van der Waals surface area contributed by atoms with Gasteiger partial charge in [0.05, 0.1) is 0 Å². The Labute approximate surface area is 110 Å². The molecule has 19 heavy (non-hydrogen) atoms. The summed E-state index contributed by atoms with van der Waals surface area (Å²) in [6.07, 6.45) is 0. The van der Waals surface area contributed by atoms with Crippen molar-refractivity contribution in [3.05, 3.63) is 70.5 Å². The van der Waals surface area contributed by atoms with Crippen LogP contribution >= 0.6 is 0 Å². The van der Waals surface area contributed by atoms with Crippen LogP contribution in [0.25, 0.3) is 0 Å².